The van der Waals surface area contributed by atoms with Gasteiger partial charge in [-0.1, -0.05) is 13.8 Å². The smallest absolute Gasteiger partial charge is 0.366 e. The highest BCUT2D eigenvalue weighted by Crippen LogP contribution is 2.18. The predicted molar refractivity (Wildman–Crippen MR) is 71.4 cm³/mol. The van der Waals surface area contributed by atoms with Gasteiger partial charge in [-0.25, -0.2) is 9.78 Å². The summed E-state index contributed by atoms with van der Waals surface area (Å²) in [6, 6.07) is 0. The van der Waals surface area contributed by atoms with Crippen molar-refractivity contribution in [3.05, 3.63) is 10.8 Å². The molecule has 0 bridgehead atoms. The first kappa shape index (κ1) is 14.4. The molecule has 0 saturated carbocycles. The third-order valence-electron chi connectivity index (χ3n) is 3.24. The Bertz CT molecular complexity index is 426. The number of nitrogens with zero attached hydrogens (tertiary/aromatic N) is 3. The van der Waals surface area contributed by atoms with Gasteiger partial charge in [0.25, 0.3) is 0 Å². The van der Waals surface area contributed by atoms with Gasteiger partial charge in [0.1, 0.15) is 0 Å². The quantitative estimate of drug-likeness (QED) is 0.886. The van der Waals surface area contributed by atoms with Crippen molar-refractivity contribution in [1.82, 2.24) is 14.3 Å². The van der Waals surface area contributed by atoms with Crippen molar-refractivity contribution in [3.63, 3.8) is 0 Å². The van der Waals surface area contributed by atoms with Crippen LogP contribution in [0.15, 0.2) is 0 Å². The third kappa shape index (κ3) is 3.71. The van der Waals surface area contributed by atoms with Crippen LogP contribution in [0, 0.1) is 0 Å². The van der Waals surface area contributed by atoms with E-state index in [-0.39, 0.29) is 17.2 Å². The molecule has 1 aromatic rings. The van der Waals surface area contributed by atoms with E-state index in [4.69, 9.17) is 9.84 Å². The van der Waals surface area contributed by atoms with Crippen LogP contribution in [0.4, 0.5) is 0 Å². The molecule has 0 radical (unpaired) electrons. The second kappa shape index (κ2) is 6.40. The molecule has 0 aliphatic carbocycles. The lowest BCUT2D eigenvalue weighted by atomic mass is 10.1. The largest absolute Gasteiger partial charge is 0.476 e. The maximum atomic E-state index is 10.8. The Kier molecular flexibility index (Phi) is 4.84. The van der Waals surface area contributed by atoms with E-state index in [9.17, 15) is 4.79 Å². The maximum absolute atomic E-state index is 10.8. The summed E-state index contributed by atoms with van der Waals surface area (Å²) in [5.74, 6) is -0.419. The van der Waals surface area contributed by atoms with Crippen molar-refractivity contribution in [1.29, 1.82) is 0 Å². The molecule has 2 atom stereocenters. The van der Waals surface area contributed by atoms with Gasteiger partial charge in [0.05, 0.1) is 18.8 Å². The lowest BCUT2D eigenvalue weighted by Crippen LogP contribution is -2.46. The van der Waals surface area contributed by atoms with Gasteiger partial charge in [-0.15, -0.1) is 0 Å². The van der Waals surface area contributed by atoms with E-state index in [1.165, 1.54) is 0 Å². The van der Waals surface area contributed by atoms with Gasteiger partial charge in [0.2, 0.25) is 5.01 Å². The van der Waals surface area contributed by atoms with Crippen LogP contribution in [0.5, 0.6) is 0 Å². The minimum Gasteiger partial charge on any atom is -0.476 e. The Morgan fingerprint density at radius 2 is 2.05 bits per heavy atom. The zero-order valence-corrected chi connectivity index (χ0v) is 12.0. The summed E-state index contributed by atoms with van der Waals surface area (Å²) in [6.07, 6.45) is 2.46. The highest BCUT2D eigenvalue weighted by Gasteiger charge is 2.26. The number of aromatic nitrogens is 2. The van der Waals surface area contributed by atoms with Crippen LogP contribution in [0.25, 0.3) is 0 Å². The van der Waals surface area contributed by atoms with E-state index in [2.05, 4.69) is 28.1 Å². The van der Waals surface area contributed by atoms with E-state index in [1.54, 1.807) is 0 Å². The van der Waals surface area contributed by atoms with Gasteiger partial charge in [-0.05, 0) is 24.4 Å². The summed E-state index contributed by atoms with van der Waals surface area (Å²) >= 11 is 0.941. The van der Waals surface area contributed by atoms with E-state index < -0.39 is 5.97 Å². The summed E-state index contributed by atoms with van der Waals surface area (Å²) in [5.41, 5.74) is 0. The first-order valence-electron chi connectivity index (χ1n) is 6.56. The highest BCUT2D eigenvalue weighted by atomic mass is 32.1. The topological polar surface area (TPSA) is 75.6 Å². The predicted octanol–water partition coefficient (Wildman–Crippen LogP) is 1.63. The van der Waals surface area contributed by atoms with Crippen molar-refractivity contribution in [2.75, 3.05) is 13.1 Å². The van der Waals surface area contributed by atoms with Gasteiger partial charge in [0.15, 0.2) is 5.82 Å². The summed E-state index contributed by atoms with van der Waals surface area (Å²) < 4.78 is 10.0. The number of aromatic carboxylic acids is 1. The molecule has 2 heterocycles. The minimum atomic E-state index is -1.01. The van der Waals surface area contributed by atoms with Crippen LogP contribution in [-0.2, 0) is 11.3 Å². The number of morpholine rings is 1. The van der Waals surface area contributed by atoms with Crippen LogP contribution in [0.2, 0.25) is 0 Å². The van der Waals surface area contributed by atoms with Crippen molar-refractivity contribution in [3.8, 4) is 0 Å². The van der Waals surface area contributed by atoms with Crippen molar-refractivity contribution < 1.29 is 14.6 Å². The summed E-state index contributed by atoms with van der Waals surface area (Å²) in [5, 5.41) is 8.90. The van der Waals surface area contributed by atoms with Crippen LogP contribution < -0.4 is 0 Å². The fraction of sp³-hybridized carbons (Fsp3) is 0.750. The average Bonchev–Trinajstić information content (AvgIpc) is 2.87. The molecule has 1 N–H and O–H groups in total. The zero-order chi connectivity index (χ0) is 13.8. The SMILES string of the molecule is CCC1CN(Cc2nsc(C(=O)O)n2)CC(CC)O1. The Hall–Kier alpha value is -1.05. The molecule has 1 aliphatic heterocycles. The summed E-state index contributed by atoms with van der Waals surface area (Å²) in [6.45, 7) is 6.54. The van der Waals surface area contributed by atoms with Crippen LogP contribution in [-0.4, -0.2) is 50.6 Å². The number of carbonyl (C=O) groups is 1. The highest BCUT2D eigenvalue weighted by molar-refractivity contribution is 7.07. The molecular weight excluding hydrogens is 266 g/mol. The molecule has 0 aromatic carbocycles. The number of carboxylic acid groups (broad SMARTS) is 1. The molecule has 19 heavy (non-hydrogen) atoms. The lowest BCUT2D eigenvalue weighted by Gasteiger charge is -2.37. The van der Waals surface area contributed by atoms with Crippen molar-refractivity contribution >= 4 is 17.5 Å². The Balaban J connectivity index is 1.98. The molecule has 1 saturated heterocycles. The fourth-order valence-electron chi connectivity index (χ4n) is 2.19. The van der Waals surface area contributed by atoms with Gasteiger partial charge in [-0.3, -0.25) is 4.90 Å². The average molecular weight is 285 g/mol. The monoisotopic (exact) mass is 285 g/mol. The molecular formula is C12H19N3O3S. The van der Waals surface area contributed by atoms with Crippen molar-refractivity contribution in [2.24, 2.45) is 0 Å². The van der Waals surface area contributed by atoms with Crippen LogP contribution in [0.3, 0.4) is 0 Å². The Labute approximate surface area is 116 Å². The molecule has 106 valence electrons. The van der Waals surface area contributed by atoms with Crippen LogP contribution in [0.1, 0.15) is 42.3 Å². The second-order valence-corrected chi connectivity index (χ2v) is 5.46. The lowest BCUT2D eigenvalue weighted by molar-refractivity contribution is -0.0897. The molecule has 6 nitrogen and oxygen atoms in total. The van der Waals surface area contributed by atoms with Gasteiger partial charge >= 0.3 is 5.97 Å². The molecule has 1 aliphatic rings. The van der Waals surface area contributed by atoms with Gasteiger partial charge in [0, 0.05) is 13.1 Å². The molecule has 1 aromatic heterocycles. The summed E-state index contributed by atoms with van der Waals surface area (Å²) in [7, 11) is 0. The van der Waals surface area contributed by atoms with E-state index >= 15 is 0 Å². The number of hydrogen-bond acceptors (Lipinski definition) is 6. The molecule has 1 fully saturated rings. The number of hydrogen-bond donors (Lipinski definition) is 1. The minimum absolute atomic E-state index is 0.0577. The van der Waals surface area contributed by atoms with E-state index in [1.807, 2.05) is 0 Å². The summed E-state index contributed by atoms with van der Waals surface area (Å²) in [4.78, 5) is 17.1. The van der Waals surface area contributed by atoms with Gasteiger partial charge < -0.3 is 9.84 Å². The van der Waals surface area contributed by atoms with Crippen LogP contribution >= 0.6 is 11.5 Å². The first-order chi connectivity index (χ1) is 9.12. The molecule has 0 amide bonds. The molecule has 2 unspecified atom stereocenters. The number of carboxylic acids is 1. The maximum Gasteiger partial charge on any atom is 0.366 e. The molecule has 0 spiro atoms. The van der Waals surface area contributed by atoms with E-state index in [0.717, 1.165) is 37.5 Å². The van der Waals surface area contributed by atoms with Crippen molar-refractivity contribution in [2.45, 2.75) is 45.4 Å². The number of rotatable bonds is 5. The Morgan fingerprint density at radius 3 is 2.53 bits per heavy atom. The number of ether oxygens (including phenoxy) is 1. The third-order valence-corrected chi connectivity index (χ3v) is 3.98. The Morgan fingerprint density at radius 1 is 1.42 bits per heavy atom. The first-order valence-corrected chi connectivity index (χ1v) is 7.33. The second-order valence-electron chi connectivity index (χ2n) is 4.71. The van der Waals surface area contributed by atoms with E-state index in [0.29, 0.717) is 12.4 Å². The van der Waals surface area contributed by atoms with Gasteiger partial charge in [-0.2, -0.15) is 4.37 Å². The standard InChI is InChI=1S/C12H19N3O3S/c1-3-8-5-15(6-9(4-2)18-8)7-10-13-11(12(16)17)19-14-10/h8-9H,3-7H2,1-2H3,(H,16,17). The molecule has 7 heteroatoms. The molecule has 2 rings (SSSR count). The normalized spacial score (nSPS) is 24.5. The fourth-order valence-corrected chi connectivity index (χ4v) is 2.71. The zero-order valence-electron chi connectivity index (χ0n) is 11.2.